The summed E-state index contributed by atoms with van der Waals surface area (Å²) >= 11 is 1.33. The first-order valence-corrected chi connectivity index (χ1v) is 6.99. The Kier molecular flexibility index (Phi) is 4.78. The molecule has 0 saturated carbocycles. The molecule has 1 heterocycles. The summed E-state index contributed by atoms with van der Waals surface area (Å²) in [6, 6.07) is 8.77. The third-order valence-corrected chi connectivity index (χ3v) is 3.75. The zero-order chi connectivity index (χ0) is 15.2. The molecular weight excluding hydrogens is 290 g/mol. The molecule has 0 unspecified atom stereocenters. The lowest BCUT2D eigenvalue weighted by Crippen LogP contribution is -2.21. The van der Waals surface area contributed by atoms with E-state index < -0.39 is 0 Å². The monoisotopic (exact) mass is 305 g/mol. The van der Waals surface area contributed by atoms with Gasteiger partial charge in [-0.2, -0.15) is 0 Å². The van der Waals surface area contributed by atoms with Gasteiger partial charge < -0.3 is 21.0 Å². The third kappa shape index (κ3) is 3.73. The van der Waals surface area contributed by atoms with Crippen LogP contribution >= 0.6 is 11.3 Å². The number of nitrogens with one attached hydrogen (secondary N) is 1. The first kappa shape index (κ1) is 14.9. The number of benzene rings is 1. The molecule has 2 aromatic rings. The number of hydrogen-bond acceptors (Lipinski definition) is 5. The number of thiophene rings is 1. The summed E-state index contributed by atoms with van der Waals surface area (Å²) in [6.07, 6.45) is 0. The van der Waals surface area contributed by atoms with E-state index in [4.69, 9.17) is 15.7 Å². The quantitative estimate of drug-likeness (QED) is 0.339. The molecule has 0 aliphatic rings. The maximum absolute atomic E-state index is 11.9. The summed E-state index contributed by atoms with van der Waals surface area (Å²) in [6.45, 7) is 0.398. The SMILES string of the molecule is COc1csc(C(=O)NCc2ccc(/C(N)=N/O)cc2)c1. The van der Waals surface area contributed by atoms with Crippen LogP contribution in [-0.4, -0.2) is 24.1 Å². The van der Waals surface area contributed by atoms with Crippen molar-refractivity contribution in [2.24, 2.45) is 10.9 Å². The van der Waals surface area contributed by atoms with Crippen LogP contribution < -0.4 is 15.8 Å². The van der Waals surface area contributed by atoms with Gasteiger partial charge in [0.1, 0.15) is 5.75 Å². The summed E-state index contributed by atoms with van der Waals surface area (Å²) in [5.74, 6) is 0.577. The van der Waals surface area contributed by atoms with Crippen LogP contribution in [0, 0.1) is 0 Å². The van der Waals surface area contributed by atoms with Crippen LogP contribution in [0.3, 0.4) is 0 Å². The van der Waals surface area contributed by atoms with E-state index in [1.165, 1.54) is 11.3 Å². The lowest BCUT2D eigenvalue weighted by molar-refractivity contribution is 0.0954. The maximum atomic E-state index is 11.9. The summed E-state index contributed by atoms with van der Waals surface area (Å²) in [5, 5.41) is 16.1. The molecule has 0 aliphatic carbocycles. The number of hydrogen-bond donors (Lipinski definition) is 3. The maximum Gasteiger partial charge on any atom is 0.261 e. The predicted octanol–water partition coefficient (Wildman–Crippen LogP) is 1.78. The molecule has 110 valence electrons. The number of rotatable bonds is 5. The van der Waals surface area contributed by atoms with Crippen LogP contribution in [-0.2, 0) is 6.54 Å². The molecule has 0 fully saturated rings. The van der Waals surface area contributed by atoms with E-state index in [1.54, 1.807) is 30.7 Å². The molecule has 0 saturated heterocycles. The first-order valence-electron chi connectivity index (χ1n) is 6.11. The molecule has 0 aliphatic heterocycles. The fourth-order valence-electron chi connectivity index (χ4n) is 1.67. The molecule has 2 rings (SSSR count). The van der Waals surface area contributed by atoms with Crippen LogP contribution in [0.5, 0.6) is 5.75 Å². The van der Waals surface area contributed by atoms with Gasteiger partial charge in [-0.3, -0.25) is 4.79 Å². The van der Waals surface area contributed by atoms with Crippen molar-refractivity contribution in [2.75, 3.05) is 7.11 Å². The van der Waals surface area contributed by atoms with Crippen molar-refractivity contribution >= 4 is 23.1 Å². The van der Waals surface area contributed by atoms with Crippen molar-refractivity contribution in [3.63, 3.8) is 0 Å². The average Bonchev–Trinajstić information content (AvgIpc) is 3.01. The Morgan fingerprint density at radius 3 is 2.71 bits per heavy atom. The zero-order valence-electron chi connectivity index (χ0n) is 11.4. The first-order chi connectivity index (χ1) is 10.1. The van der Waals surface area contributed by atoms with E-state index in [-0.39, 0.29) is 11.7 Å². The highest BCUT2D eigenvalue weighted by Gasteiger charge is 2.09. The third-order valence-electron chi connectivity index (χ3n) is 2.85. The zero-order valence-corrected chi connectivity index (χ0v) is 12.2. The van der Waals surface area contributed by atoms with Crippen LogP contribution in [0.2, 0.25) is 0 Å². The van der Waals surface area contributed by atoms with Crippen molar-refractivity contribution in [3.8, 4) is 5.75 Å². The summed E-state index contributed by atoms with van der Waals surface area (Å²) in [4.78, 5) is 12.5. The van der Waals surface area contributed by atoms with Gasteiger partial charge in [0.05, 0.1) is 12.0 Å². The van der Waals surface area contributed by atoms with Gasteiger partial charge in [0.15, 0.2) is 5.84 Å². The number of amidine groups is 1. The standard InChI is InChI=1S/C14H15N3O3S/c1-20-11-6-12(21-8-11)14(18)16-7-9-2-4-10(5-3-9)13(15)17-19/h2-6,8,19H,7H2,1H3,(H2,15,17)(H,16,18). The van der Waals surface area contributed by atoms with E-state index in [1.807, 2.05) is 12.1 Å². The lowest BCUT2D eigenvalue weighted by atomic mass is 10.1. The van der Waals surface area contributed by atoms with Crippen molar-refractivity contribution in [1.29, 1.82) is 0 Å². The molecule has 21 heavy (non-hydrogen) atoms. The Hall–Kier alpha value is -2.54. The van der Waals surface area contributed by atoms with E-state index in [2.05, 4.69) is 10.5 Å². The molecule has 6 nitrogen and oxygen atoms in total. The van der Waals surface area contributed by atoms with Gasteiger partial charge in [-0.15, -0.1) is 11.3 Å². The molecule has 0 spiro atoms. The Labute approximate surface area is 125 Å². The molecule has 4 N–H and O–H groups in total. The van der Waals surface area contributed by atoms with Crippen molar-refractivity contribution in [2.45, 2.75) is 6.54 Å². The largest absolute Gasteiger partial charge is 0.496 e. The van der Waals surface area contributed by atoms with Gasteiger partial charge in [-0.1, -0.05) is 29.4 Å². The number of nitrogens with zero attached hydrogens (tertiary/aromatic N) is 1. The summed E-state index contributed by atoms with van der Waals surface area (Å²) < 4.78 is 5.04. The molecule has 7 heteroatoms. The normalized spacial score (nSPS) is 11.2. The summed E-state index contributed by atoms with van der Waals surface area (Å²) in [5.41, 5.74) is 7.02. The molecule has 0 atom stereocenters. The van der Waals surface area contributed by atoms with E-state index in [9.17, 15) is 4.79 Å². The molecule has 1 aromatic carbocycles. The van der Waals surface area contributed by atoms with Gasteiger partial charge in [0.25, 0.3) is 5.91 Å². The van der Waals surface area contributed by atoms with E-state index in [0.29, 0.717) is 22.7 Å². The Balaban J connectivity index is 1.95. The Morgan fingerprint density at radius 2 is 2.14 bits per heavy atom. The highest BCUT2D eigenvalue weighted by molar-refractivity contribution is 7.12. The van der Waals surface area contributed by atoms with Gasteiger partial charge >= 0.3 is 0 Å². The summed E-state index contributed by atoms with van der Waals surface area (Å²) in [7, 11) is 1.56. The number of carbonyl (C=O) groups is 1. The van der Waals surface area contributed by atoms with E-state index in [0.717, 1.165) is 5.56 Å². The van der Waals surface area contributed by atoms with Gasteiger partial charge in [0, 0.05) is 23.6 Å². The number of nitrogens with two attached hydrogens (primary N) is 1. The fraction of sp³-hybridized carbons (Fsp3) is 0.143. The lowest BCUT2D eigenvalue weighted by Gasteiger charge is -2.05. The molecule has 0 radical (unpaired) electrons. The highest BCUT2D eigenvalue weighted by Crippen LogP contribution is 2.20. The van der Waals surface area contributed by atoms with Crippen molar-refractivity contribution < 1.29 is 14.7 Å². The van der Waals surface area contributed by atoms with Crippen molar-refractivity contribution in [3.05, 3.63) is 51.7 Å². The van der Waals surface area contributed by atoms with Gasteiger partial charge in [-0.25, -0.2) is 0 Å². The fourth-order valence-corrected chi connectivity index (χ4v) is 2.44. The smallest absolute Gasteiger partial charge is 0.261 e. The van der Waals surface area contributed by atoms with Crippen LogP contribution in [0.25, 0.3) is 0 Å². The molecule has 0 bridgehead atoms. The van der Waals surface area contributed by atoms with Crippen LogP contribution in [0.15, 0.2) is 40.9 Å². The average molecular weight is 305 g/mol. The second-order valence-electron chi connectivity index (χ2n) is 4.22. The topological polar surface area (TPSA) is 96.9 Å². The van der Waals surface area contributed by atoms with Gasteiger partial charge in [0.2, 0.25) is 0 Å². The number of ether oxygens (including phenoxy) is 1. The number of oxime groups is 1. The van der Waals surface area contributed by atoms with Gasteiger partial charge in [-0.05, 0) is 5.56 Å². The number of methoxy groups -OCH3 is 1. The second-order valence-corrected chi connectivity index (χ2v) is 5.13. The second kappa shape index (κ2) is 6.76. The van der Waals surface area contributed by atoms with E-state index >= 15 is 0 Å². The minimum absolute atomic E-state index is 0.0521. The highest BCUT2D eigenvalue weighted by atomic mass is 32.1. The molecular formula is C14H15N3O3S. The Bertz CT molecular complexity index is 650. The van der Waals surface area contributed by atoms with Crippen LogP contribution in [0.1, 0.15) is 20.8 Å². The minimum atomic E-state index is -0.149. The molecule has 1 aromatic heterocycles. The predicted molar refractivity (Wildman–Crippen MR) is 81.0 cm³/mol. The number of carbonyl (C=O) groups excluding carboxylic acids is 1. The Morgan fingerprint density at radius 1 is 1.43 bits per heavy atom. The minimum Gasteiger partial charge on any atom is -0.496 e. The number of amides is 1. The molecule has 1 amide bonds. The van der Waals surface area contributed by atoms with Crippen LogP contribution in [0.4, 0.5) is 0 Å². The van der Waals surface area contributed by atoms with Crippen molar-refractivity contribution in [1.82, 2.24) is 5.32 Å².